The molecular formula is C20H24N4O4S2. The summed E-state index contributed by atoms with van der Waals surface area (Å²) in [5, 5.41) is 5.70. The van der Waals surface area contributed by atoms with Gasteiger partial charge in [-0.2, -0.15) is 16.1 Å². The van der Waals surface area contributed by atoms with Gasteiger partial charge < -0.3 is 15.6 Å². The van der Waals surface area contributed by atoms with Gasteiger partial charge >= 0.3 is 0 Å². The Morgan fingerprint density at radius 1 is 1.13 bits per heavy atom. The highest BCUT2D eigenvalue weighted by Gasteiger charge is 2.28. The zero-order valence-electron chi connectivity index (χ0n) is 16.6. The Bertz CT molecular complexity index is 1070. The van der Waals surface area contributed by atoms with Gasteiger partial charge in [-0.25, -0.2) is 8.42 Å². The summed E-state index contributed by atoms with van der Waals surface area (Å²) >= 11 is 1.73. The number of nitrogens with zero attached hydrogens (tertiary/aromatic N) is 1. The van der Waals surface area contributed by atoms with E-state index >= 15 is 0 Å². The summed E-state index contributed by atoms with van der Waals surface area (Å²) in [6.45, 7) is 2.76. The monoisotopic (exact) mass is 448 g/mol. The van der Waals surface area contributed by atoms with Crippen LogP contribution in [0.2, 0.25) is 0 Å². The molecule has 2 heterocycles. The summed E-state index contributed by atoms with van der Waals surface area (Å²) in [4.78, 5) is 27.8. The molecule has 3 N–H and O–H groups in total. The van der Waals surface area contributed by atoms with Crippen molar-refractivity contribution in [1.29, 1.82) is 0 Å². The lowest BCUT2D eigenvalue weighted by Gasteiger charge is -2.24. The van der Waals surface area contributed by atoms with Gasteiger partial charge in [-0.05, 0) is 43.5 Å². The number of carbonyl (C=O) groups excluding carboxylic acids is 2. The third-order valence-electron chi connectivity index (χ3n) is 5.17. The second-order valence-corrected chi connectivity index (χ2v) is 10.7. The number of sulfonamides is 1. The molecule has 4 rings (SSSR count). The van der Waals surface area contributed by atoms with Crippen molar-refractivity contribution in [3.05, 3.63) is 47.3 Å². The summed E-state index contributed by atoms with van der Waals surface area (Å²) in [7, 11) is -3.62. The first-order chi connectivity index (χ1) is 14.3. The highest BCUT2D eigenvalue weighted by molar-refractivity contribution is 7.99. The highest BCUT2D eigenvalue weighted by Crippen LogP contribution is 2.23. The molecule has 2 amide bonds. The molecular weight excluding hydrogens is 424 g/mol. The van der Waals surface area contributed by atoms with E-state index in [1.54, 1.807) is 30.0 Å². The van der Waals surface area contributed by atoms with Crippen LogP contribution in [0.5, 0.6) is 0 Å². The first-order valence-corrected chi connectivity index (χ1v) is 12.4. The number of anilines is 1. The molecule has 0 spiro atoms. The van der Waals surface area contributed by atoms with Crippen molar-refractivity contribution in [2.24, 2.45) is 0 Å². The van der Waals surface area contributed by atoms with Crippen LogP contribution in [0, 0.1) is 6.92 Å². The number of carbonyl (C=O) groups is 2. The molecule has 1 aromatic heterocycles. The number of benzene rings is 1. The lowest BCUT2D eigenvalue weighted by molar-refractivity contribution is 0.0949. The number of amides is 2. The SMILES string of the molecule is Cc1ccc(C(=O)NC2CC2)cc1NC(=O)c1cc(S(=O)(=O)N2CCSCC2)c[nH]1. The second kappa shape index (κ2) is 8.44. The van der Waals surface area contributed by atoms with Crippen LogP contribution in [-0.4, -0.2) is 60.2 Å². The third kappa shape index (κ3) is 4.55. The van der Waals surface area contributed by atoms with E-state index in [0.717, 1.165) is 29.9 Å². The van der Waals surface area contributed by atoms with Crippen LogP contribution >= 0.6 is 11.8 Å². The smallest absolute Gasteiger partial charge is 0.272 e. The van der Waals surface area contributed by atoms with Crippen molar-refractivity contribution in [2.75, 3.05) is 29.9 Å². The van der Waals surface area contributed by atoms with Gasteiger partial charge in [0, 0.05) is 48.1 Å². The van der Waals surface area contributed by atoms with E-state index in [9.17, 15) is 18.0 Å². The third-order valence-corrected chi connectivity index (χ3v) is 7.99. The van der Waals surface area contributed by atoms with Crippen LogP contribution in [0.1, 0.15) is 39.3 Å². The van der Waals surface area contributed by atoms with Crippen LogP contribution < -0.4 is 10.6 Å². The van der Waals surface area contributed by atoms with Crippen molar-refractivity contribution in [3.8, 4) is 0 Å². The lowest BCUT2D eigenvalue weighted by Crippen LogP contribution is -2.37. The molecule has 8 nitrogen and oxygen atoms in total. The lowest BCUT2D eigenvalue weighted by atomic mass is 10.1. The van der Waals surface area contributed by atoms with Crippen molar-refractivity contribution in [3.63, 3.8) is 0 Å². The number of hydrogen-bond donors (Lipinski definition) is 3. The summed E-state index contributed by atoms with van der Waals surface area (Å²) < 4.78 is 27.0. The molecule has 160 valence electrons. The Balaban J connectivity index is 1.48. The van der Waals surface area contributed by atoms with E-state index in [1.165, 1.54) is 16.6 Å². The topological polar surface area (TPSA) is 111 Å². The molecule has 10 heteroatoms. The molecule has 2 aromatic rings. The predicted octanol–water partition coefficient (Wildman–Crippen LogP) is 2.21. The molecule has 0 atom stereocenters. The molecule has 0 radical (unpaired) electrons. The Morgan fingerprint density at radius 2 is 1.87 bits per heavy atom. The summed E-state index contributed by atoms with van der Waals surface area (Å²) in [5.41, 5.74) is 1.93. The molecule has 1 saturated carbocycles. The van der Waals surface area contributed by atoms with E-state index in [-0.39, 0.29) is 22.5 Å². The standard InChI is InChI=1S/C20H24N4O4S2/c1-13-2-3-14(19(25)22-15-4-5-15)10-17(13)23-20(26)18-11-16(12-21-18)30(27,28)24-6-8-29-9-7-24/h2-3,10-12,15,21H,4-9H2,1H3,(H,22,25)(H,23,26). The fraction of sp³-hybridized carbons (Fsp3) is 0.400. The number of aryl methyl sites for hydroxylation is 1. The Morgan fingerprint density at radius 3 is 2.57 bits per heavy atom. The minimum Gasteiger partial charge on any atom is -0.356 e. The predicted molar refractivity (Wildman–Crippen MR) is 116 cm³/mol. The molecule has 2 aliphatic rings. The van der Waals surface area contributed by atoms with Crippen molar-refractivity contribution >= 4 is 39.3 Å². The van der Waals surface area contributed by atoms with Crippen LogP contribution in [-0.2, 0) is 10.0 Å². The maximum absolute atomic E-state index is 12.8. The van der Waals surface area contributed by atoms with Gasteiger partial charge in [0.25, 0.3) is 11.8 Å². The number of hydrogen-bond acceptors (Lipinski definition) is 5. The Hall–Kier alpha value is -2.30. The quantitative estimate of drug-likeness (QED) is 0.627. The zero-order valence-corrected chi connectivity index (χ0v) is 18.2. The number of aromatic amines is 1. The molecule has 1 aliphatic heterocycles. The maximum Gasteiger partial charge on any atom is 0.272 e. The Labute approximate surface area is 179 Å². The van der Waals surface area contributed by atoms with Gasteiger partial charge in [0.2, 0.25) is 10.0 Å². The fourth-order valence-corrected chi connectivity index (χ4v) is 5.74. The molecule has 1 aromatic carbocycles. The van der Waals surface area contributed by atoms with E-state index in [1.807, 2.05) is 6.92 Å². The normalized spacial score (nSPS) is 17.5. The molecule has 2 fully saturated rings. The average molecular weight is 449 g/mol. The highest BCUT2D eigenvalue weighted by atomic mass is 32.2. The summed E-state index contributed by atoms with van der Waals surface area (Å²) in [6, 6.07) is 6.73. The summed E-state index contributed by atoms with van der Waals surface area (Å²) in [5.74, 6) is 0.899. The number of rotatable bonds is 6. The first-order valence-electron chi connectivity index (χ1n) is 9.84. The number of nitrogens with one attached hydrogen (secondary N) is 3. The van der Waals surface area contributed by atoms with Crippen LogP contribution in [0.4, 0.5) is 5.69 Å². The zero-order chi connectivity index (χ0) is 21.3. The van der Waals surface area contributed by atoms with E-state index in [2.05, 4.69) is 15.6 Å². The largest absolute Gasteiger partial charge is 0.356 e. The number of H-pyrrole nitrogens is 1. The van der Waals surface area contributed by atoms with Crippen LogP contribution in [0.25, 0.3) is 0 Å². The van der Waals surface area contributed by atoms with Gasteiger partial charge in [-0.1, -0.05) is 6.07 Å². The molecule has 30 heavy (non-hydrogen) atoms. The molecule has 1 saturated heterocycles. The van der Waals surface area contributed by atoms with Gasteiger partial charge in [0.05, 0.1) is 0 Å². The molecule has 0 unspecified atom stereocenters. The van der Waals surface area contributed by atoms with Gasteiger partial charge in [0.1, 0.15) is 10.6 Å². The number of aromatic nitrogens is 1. The molecule has 1 aliphatic carbocycles. The fourth-order valence-electron chi connectivity index (χ4n) is 3.17. The molecule has 0 bridgehead atoms. The van der Waals surface area contributed by atoms with E-state index in [0.29, 0.717) is 24.3 Å². The Kier molecular flexibility index (Phi) is 5.90. The number of thioether (sulfide) groups is 1. The van der Waals surface area contributed by atoms with Crippen LogP contribution in [0.3, 0.4) is 0 Å². The minimum absolute atomic E-state index is 0.0776. The average Bonchev–Trinajstić information content (AvgIpc) is 3.40. The van der Waals surface area contributed by atoms with Crippen molar-refractivity contribution < 1.29 is 18.0 Å². The van der Waals surface area contributed by atoms with E-state index in [4.69, 9.17) is 0 Å². The first kappa shape index (κ1) is 21.0. The van der Waals surface area contributed by atoms with E-state index < -0.39 is 15.9 Å². The maximum atomic E-state index is 12.8. The minimum atomic E-state index is -3.62. The van der Waals surface area contributed by atoms with Crippen LogP contribution in [0.15, 0.2) is 35.4 Å². The van der Waals surface area contributed by atoms with Gasteiger partial charge in [-0.15, -0.1) is 0 Å². The van der Waals surface area contributed by atoms with Gasteiger partial charge in [0.15, 0.2) is 0 Å². The second-order valence-electron chi connectivity index (χ2n) is 7.50. The summed E-state index contributed by atoms with van der Waals surface area (Å²) in [6.07, 6.45) is 3.34. The van der Waals surface area contributed by atoms with Crippen molar-refractivity contribution in [2.45, 2.75) is 30.7 Å². The van der Waals surface area contributed by atoms with Crippen molar-refractivity contribution in [1.82, 2.24) is 14.6 Å². The van der Waals surface area contributed by atoms with Gasteiger partial charge in [-0.3, -0.25) is 9.59 Å².